The summed E-state index contributed by atoms with van der Waals surface area (Å²) in [5, 5.41) is 12.6. The van der Waals surface area contributed by atoms with E-state index in [0.29, 0.717) is 6.54 Å². The van der Waals surface area contributed by atoms with Crippen LogP contribution in [-0.4, -0.2) is 61.3 Å². The summed E-state index contributed by atoms with van der Waals surface area (Å²) in [5.74, 6) is -2.10. The number of unbranched alkanes of at least 4 members (excludes halogenated alkanes) is 9. The van der Waals surface area contributed by atoms with Crippen molar-refractivity contribution in [1.29, 1.82) is 0 Å². The zero-order valence-electron chi connectivity index (χ0n) is 22.1. The monoisotopic (exact) mass is 497 g/mol. The van der Waals surface area contributed by atoms with Crippen molar-refractivity contribution in [3.63, 3.8) is 0 Å². The molecule has 0 fully saturated rings. The topological polar surface area (TPSA) is 146 Å². The molecular weight excluding hydrogens is 450 g/mol. The van der Waals surface area contributed by atoms with Crippen LogP contribution in [0.1, 0.15) is 98.3 Å². The lowest BCUT2D eigenvalue weighted by molar-refractivity contribution is -0.131. The molecule has 0 aromatic heterocycles. The average Bonchev–Trinajstić information content (AvgIpc) is 2.83. The number of carbonyl (C=O) groups excluding carboxylic acids is 5. The molecule has 0 unspecified atom stereocenters. The number of amides is 5. The van der Waals surface area contributed by atoms with E-state index in [1.54, 1.807) is 13.8 Å². The van der Waals surface area contributed by atoms with E-state index in [-0.39, 0.29) is 31.3 Å². The maximum atomic E-state index is 12.1. The van der Waals surface area contributed by atoms with Crippen LogP contribution in [0.5, 0.6) is 0 Å². The summed E-state index contributed by atoms with van der Waals surface area (Å²) in [7, 11) is 0. The van der Waals surface area contributed by atoms with E-state index in [4.69, 9.17) is 0 Å². The molecule has 0 saturated carbocycles. The van der Waals surface area contributed by atoms with Gasteiger partial charge in [0.2, 0.25) is 29.5 Å². The quantitative estimate of drug-likeness (QED) is 0.162. The molecule has 0 heterocycles. The number of nitrogens with one attached hydrogen (secondary N) is 5. The predicted octanol–water partition coefficient (Wildman–Crippen LogP) is 1.68. The summed E-state index contributed by atoms with van der Waals surface area (Å²) in [6.07, 6.45) is 12.5. The average molecular weight is 498 g/mol. The Bertz CT molecular complexity index is 656. The first-order chi connectivity index (χ1) is 16.7. The van der Waals surface area contributed by atoms with Gasteiger partial charge < -0.3 is 26.6 Å². The molecule has 0 aromatic carbocycles. The molecule has 0 aliphatic carbocycles. The molecular formula is C25H47N5O5. The van der Waals surface area contributed by atoms with E-state index >= 15 is 0 Å². The van der Waals surface area contributed by atoms with Crippen molar-refractivity contribution in [2.24, 2.45) is 0 Å². The summed E-state index contributed by atoms with van der Waals surface area (Å²) in [4.78, 5) is 59.1. The van der Waals surface area contributed by atoms with Gasteiger partial charge in [0.1, 0.15) is 12.1 Å². The summed E-state index contributed by atoms with van der Waals surface area (Å²) in [6, 6.07) is -1.60. The van der Waals surface area contributed by atoms with Crippen LogP contribution in [0.2, 0.25) is 0 Å². The zero-order chi connectivity index (χ0) is 26.5. The van der Waals surface area contributed by atoms with E-state index in [1.807, 2.05) is 0 Å². The van der Waals surface area contributed by atoms with Gasteiger partial charge in [-0.1, -0.05) is 71.6 Å². The second-order valence-corrected chi connectivity index (χ2v) is 8.90. The largest absolute Gasteiger partial charge is 0.354 e. The molecule has 10 heteroatoms. The van der Waals surface area contributed by atoms with Gasteiger partial charge >= 0.3 is 0 Å². The molecule has 0 radical (unpaired) electrons. The Hall–Kier alpha value is -2.65. The third-order valence-corrected chi connectivity index (χ3v) is 5.56. The summed E-state index contributed by atoms with van der Waals surface area (Å²) in [5.41, 5.74) is 0. The van der Waals surface area contributed by atoms with Crippen LogP contribution in [0.25, 0.3) is 0 Å². The number of hydrogen-bond donors (Lipinski definition) is 5. The van der Waals surface area contributed by atoms with Crippen molar-refractivity contribution in [3.8, 4) is 0 Å². The van der Waals surface area contributed by atoms with E-state index < -0.39 is 29.8 Å². The van der Waals surface area contributed by atoms with Crippen LogP contribution < -0.4 is 26.6 Å². The first-order valence-electron chi connectivity index (χ1n) is 13.1. The Labute approximate surface area is 210 Å². The molecule has 0 bridgehead atoms. The molecule has 0 rings (SSSR count). The fourth-order valence-corrected chi connectivity index (χ4v) is 3.32. The molecule has 202 valence electrons. The highest BCUT2D eigenvalue weighted by atomic mass is 16.2. The van der Waals surface area contributed by atoms with Crippen LogP contribution in [-0.2, 0) is 24.0 Å². The van der Waals surface area contributed by atoms with Crippen molar-refractivity contribution < 1.29 is 24.0 Å². The van der Waals surface area contributed by atoms with Gasteiger partial charge in [0.15, 0.2) is 0 Å². The van der Waals surface area contributed by atoms with Crippen LogP contribution in [0.3, 0.4) is 0 Å². The maximum absolute atomic E-state index is 12.1. The lowest BCUT2D eigenvalue weighted by Crippen LogP contribution is -2.51. The van der Waals surface area contributed by atoms with Gasteiger partial charge in [-0.2, -0.15) is 0 Å². The minimum atomic E-state index is -0.879. The number of rotatable bonds is 20. The number of carbonyl (C=O) groups is 5. The van der Waals surface area contributed by atoms with Crippen LogP contribution in [0, 0.1) is 0 Å². The zero-order valence-corrected chi connectivity index (χ0v) is 22.1. The molecule has 2 atom stereocenters. The molecule has 0 aliphatic rings. The Morgan fingerprint density at radius 1 is 0.543 bits per heavy atom. The highest BCUT2D eigenvalue weighted by Gasteiger charge is 2.18. The SMILES string of the molecule is CCCCCCCCCCCCNC(=O)[C@H](C)NC(=O)CNC(=O)[C@H](C)NC(=O)CNC(=O)CC. The van der Waals surface area contributed by atoms with Gasteiger partial charge in [-0.15, -0.1) is 0 Å². The summed E-state index contributed by atoms with van der Waals surface area (Å²) in [6.45, 7) is 6.97. The van der Waals surface area contributed by atoms with Crippen molar-refractivity contribution >= 4 is 29.5 Å². The van der Waals surface area contributed by atoms with Crippen molar-refractivity contribution in [2.75, 3.05) is 19.6 Å². The smallest absolute Gasteiger partial charge is 0.242 e. The van der Waals surface area contributed by atoms with E-state index in [0.717, 1.165) is 12.8 Å². The molecule has 0 spiro atoms. The normalized spacial score (nSPS) is 12.2. The first-order valence-corrected chi connectivity index (χ1v) is 13.1. The Balaban J connectivity index is 3.90. The standard InChI is InChI=1S/C25H47N5O5/c1-5-7-8-9-10-11-12-13-14-15-16-26-24(34)19(3)29-23(33)18-28-25(35)20(4)30-22(32)17-27-21(31)6-2/h19-20H,5-18H2,1-4H3,(H,26,34)(H,27,31)(H,28,35)(H,29,33)(H,30,32)/t19-,20-/m0/s1. The minimum Gasteiger partial charge on any atom is -0.354 e. The molecule has 5 N–H and O–H groups in total. The molecule has 5 amide bonds. The second-order valence-electron chi connectivity index (χ2n) is 8.90. The fraction of sp³-hybridized carbons (Fsp3) is 0.800. The van der Waals surface area contributed by atoms with Gasteiger partial charge in [-0.25, -0.2) is 0 Å². The summed E-state index contributed by atoms with van der Waals surface area (Å²) >= 11 is 0. The molecule has 10 nitrogen and oxygen atoms in total. The Morgan fingerprint density at radius 2 is 0.971 bits per heavy atom. The van der Waals surface area contributed by atoms with Crippen LogP contribution >= 0.6 is 0 Å². The lowest BCUT2D eigenvalue weighted by Gasteiger charge is -2.16. The summed E-state index contributed by atoms with van der Waals surface area (Å²) < 4.78 is 0. The molecule has 0 aromatic rings. The molecule has 0 saturated heterocycles. The third-order valence-electron chi connectivity index (χ3n) is 5.56. The molecule has 0 aliphatic heterocycles. The third kappa shape index (κ3) is 18.4. The minimum absolute atomic E-state index is 0.226. The van der Waals surface area contributed by atoms with Crippen molar-refractivity contribution in [3.05, 3.63) is 0 Å². The van der Waals surface area contributed by atoms with Crippen molar-refractivity contribution in [2.45, 2.75) is 110 Å². The van der Waals surface area contributed by atoms with Gasteiger partial charge in [0, 0.05) is 13.0 Å². The Kier molecular flexibility index (Phi) is 19.1. The lowest BCUT2D eigenvalue weighted by atomic mass is 10.1. The fourth-order valence-electron chi connectivity index (χ4n) is 3.32. The van der Waals surface area contributed by atoms with Gasteiger partial charge in [0.25, 0.3) is 0 Å². The highest BCUT2D eigenvalue weighted by molar-refractivity contribution is 5.93. The maximum Gasteiger partial charge on any atom is 0.242 e. The van der Waals surface area contributed by atoms with Crippen LogP contribution in [0.4, 0.5) is 0 Å². The number of hydrogen-bond acceptors (Lipinski definition) is 5. The van der Waals surface area contributed by atoms with Gasteiger partial charge in [-0.3, -0.25) is 24.0 Å². The van der Waals surface area contributed by atoms with Crippen molar-refractivity contribution in [1.82, 2.24) is 26.6 Å². The van der Waals surface area contributed by atoms with E-state index in [9.17, 15) is 24.0 Å². The van der Waals surface area contributed by atoms with E-state index in [1.165, 1.54) is 58.3 Å². The predicted molar refractivity (Wildman–Crippen MR) is 136 cm³/mol. The second kappa shape index (κ2) is 20.7. The Morgan fingerprint density at radius 3 is 1.46 bits per heavy atom. The first kappa shape index (κ1) is 32.4. The van der Waals surface area contributed by atoms with Gasteiger partial charge in [0.05, 0.1) is 13.1 Å². The van der Waals surface area contributed by atoms with Crippen LogP contribution in [0.15, 0.2) is 0 Å². The van der Waals surface area contributed by atoms with E-state index in [2.05, 4.69) is 33.5 Å². The molecule has 35 heavy (non-hydrogen) atoms. The highest BCUT2D eigenvalue weighted by Crippen LogP contribution is 2.10. The van der Waals surface area contributed by atoms with Gasteiger partial charge in [-0.05, 0) is 20.3 Å².